The third kappa shape index (κ3) is 5.53. The van der Waals surface area contributed by atoms with E-state index in [2.05, 4.69) is 12.2 Å². The first-order chi connectivity index (χ1) is 9.06. The molecule has 0 unspecified atom stereocenters. The molecule has 0 aromatic rings. The molecule has 5 heteroatoms. The SMILES string of the molecule is CC(C)[C@@H]([B]OCN)C(=O)N[C@@H](C)C1CCCCC1. The summed E-state index contributed by atoms with van der Waals surface area (Å²) in [5, 5.41) is 3.15. The summed E-state index contributed by atoms with van der Waals surface area (Å²) in [4.78, 5) is 12.3. The summed E-state index contributed by atoms with van der Waals surface area (Å²) in [6.07, 6.45) is 6.39. The van der Waals surface area contributed by atoms with Crippen molar-refractivity contribution in [2.75, 3.05) is 6.73 Å². The van der Waals surface area contributed by atoms with E-state index in [9.17, 15) is 4.79 Å². The van der Waals surface area contributed by atoms with Gasteiger partial charge in [-0.1, -0.05) is 33.1 Å². The van der Waals surface area contributed by atoms with Crippen molar-refractivity contribution in [2.45, 2.75) is 64.7 Å². The predicted octanol–water partition coefficient (Wildman–Crippen LogP) is 2.07. The lowest BCUT2D eigenvalue weighted by molar-refractivity contribution is -0.123. The van der Waals surface area contributed by atoms with Crippen molar-refractivity contribution in [3.8, 4) is 0 Å². The first-order valence-corrected chi connectivity index (χ1v) is 7.51. The summed E-state index contributed by atoms with van der Waals surface area (Å²) in [6, 6.07) is 0.250. The minimum atomic E-state index is -0.227. The normalized spacial score (nSPS) is 20.1. The van der Waals surface area contributed by atoms with E-state index in [1.54, 1.807) is 7.48 Å². The zero-order valence-corrected chi connectivity index (χ0v) is 12.5. The highest BCUT2D eigenvalue weighted by atomic mass is 16.4. The summed E-state index contributed by atoms with van der Waals surface area (Å²) in [5.74, 6) is 0.669. The molecule has 4 nitrogen and oxygen atoms in total. The van der Waals surface area contributed by atoms with Gasteiger partial charge in [-0.2, -0.15) is 0 Å². The average Bonchev–Trinajstić information content (AvgIpc) is 2.39. The topological polar surface area (TPSA) is 64.3 Å². The van der Waals surface area contributed by atoms with Crippen LogP contribution in [0.2, 0.25) is 5.82 Å². The van der Waals surface area contributed by atoms with Crippen LogP contribution >= 0.6 is 0 Å². The Labute approximate surface area is 118 Å². The monoisotopic (exact) mass is 267 g/mol. The second-order valence-electron chi connectivity index (χ2n) is 5.93. The van der Waals surface area contributed by atoms with Crippen LogP contribution in [0.25, 0.3) is 0 Å². The molecule has 0 spiro atoms. The summed E-state index contributed by atoms with van der Waals surface area (Å²) < 4.78 is 5.10. The fourth-order valence-corrected chi connectivity index (χ4v) is 2.75. The Kier molecular flexibility index (Phi) is 7.46. The molecule has 1 rings (SSSR count). The molecule has 2 atom stereocenters. The van der Waals surface area contributed by atoms with Gasteiger partial charge in [-0.05, 0) is 31.6 Å². The molecule has 3 N–H and O–H groups in total. The number of nitrogens with one attached hydrogen (secondary N) is 1. The first kappa shape index (κ1) is 16.5. The van der Waals surface area contributed by atoms with Gasteiger partial charge in [-0.25, -0.2) is 0 Å². The summed E-state index contributed by atoms with van der Waals surface area (Å²) in [6.45, 7) is 6.28. The van der Waals surface area contributed by atoms with E-state index in [0.717, 1.165) is 0 Å². The second kappa shape index (κ2) is 8.59. The van der Waals surface area contributed by atoms with E-state index in [0.29, 0.717) is 5.92 Å². The van der Waals surface area contributed by atoms with Gasteiger partial charge in [0, 0.05) is 11.9 Å². The molecule has 109 valence electrons. The maximum atomic E-state index is 12.3. The molecule has 1 radical (unpaired) electrons. The summed E-state index contributed by atoms with van der Waals surface area (Å²) >= 11 is 0. The molecule has 0 aliphatic heterocycles. The summed E-state index contributed by atoms with van der Waals surface area (Å²) in [5.41, 5.74) is 5.31. The van der Waals surface area contributed by atoms with Crippen LogP contribution in [0.1, 0.15) is 52.9 Å². The largest absolute Gasteiger partial charge is 0.428 e. The highest BCUT2D eigenvalue weighted by Gasteiger charge is 2.28. The van der Waals surface area contributed by atoms with E-state index in [4.69, 9.17) is 10.4 Å². The molecule has 19 heavy (non-hydrogen) atoms. The second-order valence-corrected chi connectivity index (χ2v) is 5.93. The average molecular weight is 267 g/mol. The van der Waals surface area contributed by atoms with Crippen molar-refractivity contribution in [1.82, 2.24) is 5.32 Å². The van der Waals surface area contributed by atoms with Crippen LogP contribution in [-0.4, -0.2) is 26.2 Å². The van der Waals surface area contributed by atoms with Crippen LogP contribution in [0.15, 0.2) is 0 Å². The molecule has 0 bridgehead atoms. The van der Waals surface area contributed by atoms with Gasteiger partial charge in [0.1, 0.15) is 0 Å². The lowest BCUT2D eigenvalue weighted by atomic mass is 9.71. The lowest BCUT2D eigenvalue weighted by Crippen LogP contribution is -2.43. The van der Waals surface area contributed by atoms with E-state index in [1.165, 1.54) is 32.1 Å². The Morgan fingerprint density at radius 3 is 2.47 bits per heavy atom. The van der Waals surface area contributed by atoms with Gasteiger partial charge in [-0.3, -0.25) is 4.79 Å². The van der Waals surface area contributed by atoms with Crippen LogP contribution in [0.4, 0.5) is 0 Å². The molecule has 1 fully saturated rings. The van der Waals surface area contributed by atoms with E-state index in [-0.39, 0.29) is 30.4 Å². The smallest absolute Gasteiger partial charge is 0.307 e. The molecule has 1 aliphatic rings. The van der Waals surface area contributed by atoms with E-state index >= 15 is 0 Å². The van der Waals surface area contributed by atoms with Crippen LogP contribution in [0.3, 0.4) is 0 Å². The van der Waals surface area contributed by atoms with Gasteiger partial charge < -0.3 is 15.7 Å². The van der Waals surface area contributed by atoms with Crippen molar-refractivity contribution >= 4 is 13.4 Å². The van der Waals surface area contributed by atoms with Gasteiger partial charge in [0.15, 0.2) is 0 Å². The number of nitrogens with two attached hydrogens (primary N) is 1. The Morgan fingerprint density at radius 1 is 1.32 bits per heavy atom. The number of rotatable bonds is 7. The molecular weight excluding hydrogens is 239 g/mol. The molecule has 0 aromatic heterocycles. The predicted molar refractivity (Wildman–Crippen MR) is 78.7 cm³/mol. The Bertz CT molecular complexity index is 268. The van der Waals surface area contributed by atoms with Crippen LogP contribution < -0.4 is 11.1 Å². The molecular formula is C14H28BN2O2. The number of carbonyl (C=O) groups is 1. The molecule has 0 saturated heterocycles. The van der Waals surface area contributed by atoms with Crippen molar-refractivity contribution in [1.29, 1.82) is 0 Å². The highest BCUT2D eigenvalue weighted by molar-refractivity contribution is 6.37. The standard InChI is InChI=1S/C14H28BN2O2/c1-10(2)13(15-19-9-16)14(18)17-11(3)12-7-5-4-6-8-12/h10-13H,4-9,16H2,1-3H3,(H,17,18)/t11-,13+/m0/s1. The van der Waals surface area contributed by atoms with Gasteiger partial charge in [0.05, 0.1) is 6.73 Å². The zero-order valence-electron chi connectivity index (χ0n) is 12.5. The molecule has 1 aliphatic carbocycles. The lowest BCUT2D eigenvalue weighted by Gasteiger charge is -2.30. The van der Waals surface area contributed by atoms with Crippen molar-refractivity contribution in [3.63, 3.8) is 0 Å². The van der Waals surface area contributed by atoms with Gasteiger partial charge in [0.2, 0.25) is 5.91 Å². The van der Waals surface area contributed by atoms with Crippen LogP contribution in [0, 0.1) is 11.8 Å². The van der Waals surface area contributed by atoms with Crippen LogP contribution in [-0.2, 0) is 9.45 Å². The van der Waals surface area contributed by atoms with Crippen molar-refractivity contribution in [3.05, 3.63) is 0 Å². The number of carbonyl (C=O) groups excluding carboxylic acids is 1. The van der Waals surface area contributed by atoms with Crippen molar-refractivity contribution in [2.24, 2.45) is 17.6 Å². The van der Waals surface area contributed by atoms with Gasteiger partial charge in [0.25, 0.3) is 0 Å². The minimum absolute atomic E-state index is 0.0570. The molecule has 1 saturated carbocycles. The minimum Gasteiger partial charge on any atom is -0.428 e. The Balaban J connectivity index is 2.45. The quantitative estimate of drug-likeness (QED) is 0.548. The van der Waals surface area contributed by atoms with E-state index in [1.807, 2.05) is 13.8 Å². The fraction of sp³-hybridized carbons (Fsp3) is 0.929. The van der Waals surface area contributed by atoms with Crippen molar-refractivity contribution < 1.29 is 9.45 Å². The molecule has 0 aromatic carbocycles. The third-order valence-corrected chi connectivity index (χ3v) is 4.09. The maximum Gasteiger partial charge on any atom is 0.307 e. The third-order valence-electron chi connectivity index (χ3n) is 4.09. The fourth-order valence-electron chi connectivity index (χ4n) is 2.75. The van der Waals surface area contributed by atoms with Gasteiger partial charge >= 0.3 is 7.48 Å². The van der Waals surface area contributed by atoms with E-state index < -0.39 is 0 Å². The number of hydrogen-bond donors (Lipinski definition) is 2. The first-order valence-electron chi connectivity index (χ1n) is 7.51. The Morgan fingerprint density at radius 2 is 1.95 bits per heavy atom. The number of amides is 1. The maximum absolute atomic E-state index is 12.3. The number of hydrogen-bond acceptors (Lipinski definition) is 3. The van der Waals surface area contributed by atoms with Crippen LogP contribution in [0.5, 0.6) is 0 Å². The highest BCUT2D eigenvalue weighted by Crippen LogP contribution is 2.27. The molecule has 1 amide bonds. The van der Waals surface area contributed by atoms with Gasteiger partial charge in [-0.15, -0.1) is 0 Å². The molecule has 0 heterocycles. The summed E-state index contributed by atoms with van der Waals surface area (Å²) in [7, 11) is 1.58. The Hall–Kier alpha value is -0.545. The zero-order chi connectivity index (χ0) is 14.3.